The average Bonchev–Trinajstić information content (AvgIpc) is 2.66. The molecule has 0 fully saturated rings. The molecule has 0 aromatic carbocycles. The lowest BCUT2D eigenvalue weighted by Crippen LogP contribution is -2.09. The summed E-state index contributed by atoms with van der Waals surface area (Å²) in [4.78, 5) is 3.91. The number of aliphatic hydroxyl groups excluding tert-OH is 1. The maximum atomic E-state index is 10.3. The normalized spacial score (nSPS) is 12.7. The predicted octanol–water partition coefficient (Wildman–Crippen LogP) is 3.30. The minimum absolute atomic E-state index is 0.385. The number of pyridine rings is 1. The van der Waals surface area contributed by atoms with E-state index in [1.54, 1.807) is 18.3 Å². The third-order valence-electron chi connectivity index (χ3n) is 2.97. The lowest BCUT2D eigenvalue weighted by atomic mass is 10.1. The fourth-order valence-corrected chi connectivity index (χ4v) is 2.62. The summed E-state index contributed by atoms with van der Waals surface area (Å²) in [6.07, 6.45) is 1.45. The Hall–Kier alpha value is -0.910. The molecular weight excluding hydrogens is 330 g/mol. The summed E-state index contributed by atoms with van der Waals surface area (Å²) in [5.41, 5.74) is 2.67. The molecule has 1 unspecified atom stereocenters. The Kier molecular flexibility index (Phi) is 4.60. The molecule has 19 heavy (non-hydrogen) atoms. The summed E-state index contributed by atoms with van der Waals surface area (Å²) in [5, 5.41) is 15.1. The van der Waals surface area contributed by atoms with E-state index in [1.807, 2.05) is 18.5 Å². The topological polar surface area (TPSA) is 50.9 Å². The van der Waals surface area contributed by atoms with Crippen molar-refractivity contribution in [3.63, 3.8) is 0 Å². The maximum absolute atomic E-state index is 10.3. The van der Waals surface area contributed by atoms with Crippen LogP contribution in [0.3, 0.4) is 0 Å². The summed E-state index contributed by atoms with van der Waals surface area (Å²) in [5.74, 6) is 0. The Morgan fingerprint density at radius 2 is 2.26 bits per heavy atom. The zero-order valence-corrected chi connectivity index (χ0v) is 13.1. The SMILES string of the molecule is CCn1nc(C)c(Br)c1CC(O)c1ccnc(Cl)c1. The van der Waals surface area contributed by atoms with Gasteiger partial charge in [0.2, 0.25) is 0 Å². The largest absolute Gasteiger partial charge is 0.388 e. The van der Waals surface area contributed by atoms with Crippen LogP contribution in [0.4, 0.5) is 0 Å². The van der Waals surface area contributed by atoms with Gasteiger partial charge in [-0.15, -0.1) is 0 Å². The smallest absolute Gasteiger partial charge is 0.129 e. The van der Waals surface area contributed by atoms with Gasteiger partial charge in [0.25, 0.3) is 0 Å². The van der Waals surface area contributed by atoms with Gasteiger partial charge in [-0.2, -0.15) is 5.10 Å². The highest BCUT2D eigenvalue weighted by Crippen LogP contribution is 2.27. The van der Waals surface area contributed by atoms with Crippen LogP contribution in [-0.4, -0.2) is 19.9 Å². The number of rotatable bonds is 4. The molecule has 0 spiro atoms. The molecule has 0 aliphatic carbocycles. The van der Waals surface area contributed by atoms with Gasteiger partial charge in [0, 0.05) is 19.2 Å². The summed E-state index contributed by atoms with van der Waals surface area (Å²) in [6.45, 7) is 4.74. The van der Waals surface area contributed by atoms with Crippen LogP contribution in [0.5, 0.6) is 0 Å². The molecule has 0 saturated carbocycles. The van der Waals surface area contributed by atoms with Gasteiger partial charge in [-0.05, 0) is 47.5 Å². The maximum Gasteiger partial charge on any atom is 0.129 e. The van der Waals surface area contributed by atoms with Crippen LogP contribution in [0, 0.1) is 6.92 Å². The van der Waals surface area contributed by atoms with Crippen molar-refractivity contribution in [2.24, 2.45) is 0 Å². The predicted molar refractivity (Wildman–Crippen MR) is 78.2 cm³/mol. The Balaban J connectivity index is 2.26. The highest BCUT2D eigenvalue weighted by Gasteiger charge is 2.17. The molecule has 2 heterocycles. The Bertz CT molecular complexity index is 585. The third-order valence-corrected chi connectivity index (χ3v) is 4.21. The molecule has 4 nitrogen and oxygen atoms in total. The summed E-state index contributed by atoms with van der Waals surface area (Å²) >= 11 is 9.36. The van der Waals surface area contributed by atoms with Crippen LogP contribution in [0.15, 0.2) is 22.8 Å². The van der Waals surface area contributed by atoms with Crippen molar-refractivity contribution in [1.29, 1.82) is 0 Å². The van der Waals surface area contributed by atoms with E-state index in [0.717, 1.165) is 28.0 Å². The molecule has 0 saturated heterocycles. The van der Waals surface area contributed by atoms with Gasteiger partial charge >= 0.3 is 0 Å². The highest BCUT2D eigenvalue weighted by molar-refractivity contribution is 9.10. The number of halogens is 2. The van der Waals surface area contributed by atoms with Crippen molar-refractivity contribution in [2.45, 2.75) is 32.9 Å². The second-order valence-electron chi connectivity index (χ2n) is 4.29. The van der Waals surface area contributed by atoms with Crippen molar-refractivity contribution in [3.05, 3.63) is 44.9 Å². The first-order valence-corrected chi connectivity index (χ1v) is 7.21. The zero-order chi connectivity index (χ0) is 14.0. The van der Waals surface area contributed by atoms with Crippen LogP contribution in [0.1, 0.15) is 30.0 Å². The highest BCUT2D eigenvalue weighted by atomic mass is 79.9. The summed E-state index contributed by atoms with van der Waals surface area (Å²) in [6, 6.07) is 3.45. The van der Waals surface area contributed by atoms with Gasteiger partial charge in [-0.3, -0.25) is 4.68 Å². The Morgan fingerprint density at radius 3 is 2.89 bits per heavy atom. The molecular formula is C13H15BrClN3O. The number of hydrogen-bond acceptors (Lipinski definition) is 3. The molecule has 1 N–H and O–H groups in total. The minimum Gasteiger partial charge on any atom is -0.388 e. The number of hydrogen-bond donors (Lipinski definition) is 1. The van der Waals surface area contributed by atoms with E-state index in [4.69, 9.17) is 11.6 Å². The van der Waals surface area contributed by atoms with Gasteiger partial charge in [-0.25, -0.2) is 4.98 Å². The molecule has 0 aliphatic heterocycles. The van der Waals surface area contributed by atoms with E-state index in [-0.39, 0.29) is 0 Å². The van der Waals surface area contributed by atoms with Crippen LogP contribution in [0.25, 0.3) is 0 Å². The minimum atomic E-state index is -0.627. The van der Waals surface area contributed by atoms with Crippen LogP contribution in [-0.2, 0) is 13.0 Å². The van der Waals surface area contributed by atoms with E-state index in [1.165, 1.54) is 0 Å². The number of aryl methyl sites for hydroxylation is 2. The molecule has 6 heteroatoms. The number of aliphatic hydroxyl groups is 1. The van der Waals surface area contributed by atoms with Gasteiger partial charge in [0.15, 0.2) is 0 Å². The van der Waals surface area contributed by atoms with Gasteiger partial charge in [0.1, 0.15) is 5.15 Å². The van der Waals surface area contributed by atoms with Crippen molar-refractivity contribution >= 4 is 27.5 Å². The number of nitrogens with zero attached hydrogens (tertiary/aromatic N) is 3. The first kappa shape index (κ1) is 14.5. The van der Waals surface area contributed by atoms with Crippen molar-refractivity contribution in [3.8, 4) is 0 Å². The van der Waals surface area contributed by atoms with Gasteiger partial charge in [0.05, 0.1) is 22.0 Å². The van der Waals surface area contributed by atoms with E-state index in [9.17, 15) is 5.11 Å². The van der Waals surface area contributed by atoms with Crippen LogP contribution < -0.4 is 0 Å². The average molecular weight is 345 g/mol. The fraction of sp³-hybridized carbons (Fsp3) is 0.385. The molecule has 0 radical (unpaired) electrons. The number of aromatic nitrogens is 3. The standard InChI is InChI=1S/C13H15BrClN3O/c1-3-18-10(13(14)8(2)17-18)7-11(19)9-4-5-16-12(15)6-9/h4-6,11,19H,3,7H2,1-2H3. The molecule has 0 amide bonds. The van der Waals surface area contributed by atoms with Crippen molar-refractivity contribution in [1.82, 2.24) is 14.8 Å². The summed E-state index contributed by atoms with van der Waals surface area (Å²) in [7, 11) is 0. The molecule has 0 bridgehead atoms. The Morgan fingerprint density at radius 1 is 1.53 bits per heavy atom. The van der Waals surface area contributed by atoms with Crippen LogP contribution in [0.2, 0.25) is 5.15 Å². The molecule has 1 atom stereocenters. The van der Waals surface area contributed by atoms with Gasteiger partial charge in [-0.1, -0.05) is 11.6 Å². The lowest BCUT2D eigenvalue weighted by Gasteiger charge is -2.12. The van der Waals surface area contributed by atoms with Gasteiger partial charge < -0.3 is 5.11 Å². The zero-order valence-electron chi connectivity index (χ0n) is 10.8. The molecule has 2 rings (SSSR count). The fourth-order valence-electron chi connectivity index (χ4n) is 1.99. The second kappa shape index (κ2) is 6.03. The third kappa shape index (κ3) is 3.16. The van der Waals surface area contributed by atoms with Crippen molar-refractivity contribution in [2.75, 3.05) is 0 Å². The Labute approximate surface area is 125 Å². The molecule has 0 aliphatic rings. The first-order valence-electron chi connectivity index (χ1n) is 6.04. The quantitative estimate of drug-likeness (QED) is 0.866. The monoisotopic (exact) mass is 343 g/mol. The van der Waals surface area contributed by atoms with E-state index >= 15 is 0 Å². The molecule has 2 aromatic rings. The van der Waals surface area contributed by atoms with Crippen molar-refractivity contribution < 1.29 is 5.11 Å². The lowest BCUT2D eigenvalue weighted by molar-refractivity contribution is 0.175. The van der Waals surface area contributed by atoms with E-state index in [0.29, 0.717) is 11.6 Å². The van der Waals surface area contributed by atoms with E-state index < -0.39 is 6.10 Å². The first-order chi connectivity index (χ1) is 9.02. The molecule has 102 valence electrons. The van der Waals surface area contributed by atoms with Crippen LogP contribution >= 0.6 is 27.5 Å². The summed E-state index contributed by atoms with van der Waals surface area (Å²) < 4.78 is 2.85. The van der Waals surface area contributed by atoms with E-state index in [2.05, 4.69) is 26.0 Å². The second-order valence-corrected chi connectivity index (χ2v) is 5.47. The molecule has 2 aromatic heterocycles.